The lowest BCUT2D eigenvalue weighted by Gasteiger charge is -2.41. The number of halogens is 3. The molecular formula is C23H30Cl3N3O2. The lowest BCUT2D eigenvalue weighted by molar-refractivity contribution is -0.116. The van der Waals surface area contributed by atoms with Crippen LogP contribution >= 0.6 is 36.4 Å². The van der Waals surface area contributed by atoms with Crippen molar-refractivity contribution in [1.29, 1.82) is 0 Å². The third-order valence-corrected chi connectivity index (χ3v) is 5.99. The van der Waals surface area contributed by atoms with Crippen LogP contribution in [0, 0.1) is 0 Å². The van der Waals surface area contributed by atoms with Crippen LogP contribution in [-0.2, 0) is 11.2 Å². The Bertz CT molecular complexity index is 864. The van der Waals surface area contributed by atoms with Gasteiger partial charge in [-0.05, 0) is 55.7 Å². The second kappa shape index (κ2) is 11.8. The van der Waals surface area contributed by atoms with Crippen LogP contribution in [0.25, 0.3) is 0 Å². The summed E-state index contributed by atoms with van der Waals surface area (Å²) in [4.78, 5) is 16.5. The normalized spacial score (nSPS) is 18.3. The fourth-order valence-corrected chi connectivity index (χ4v) is 4.30. The zero-order chi connectivity index (χ0) is 20.2. The van der Waals surface area contributed by atoms with E-state index >= 15 is 0 Å². The highest BCUT2D eigenvalue weighted by Crippen LogP contribution is 2.27. The maximum atomic E-state index is 11.6. The van der Waals surface area contributed by atoms with Crippen LogP contribution in [0.4, 0.5) is 11.4 Å². The van der Waals surface area contributed by atoms with Gasteiger partial charge in [-0.1, -0.05) is 17.7 Å². The summed E-state index contributed by atoms with van der Waals surface area (Å²) in [5.74, 6) is 0.911. The van der Waals surface area contributed by atoms with Gasteiger partial charge in [-0.3, -0.25) is 9.69 Å². The Morgan fingerprint density at radius 3 is 2.61 bits per heavy atom. The van der Waals surface area contributed by atoms with Gasteiger partial charge < -0.3 is 15.0 Å². The number of piperazine rings is 1. The van der Waals surface area contributed by atoms with Crippen molar-refractivity contribution >= 4 is 53.7 Å². The Hall–Kier alpha value is -1.66. The number of hydrogen-bond donors (Lipinski definition) is 1. The Labute approximate surface area is 201 Å². The molecule has 1 amide bonds. The second-order valence-electron chi connectivity index (χ2n) is 7.89. The number of ether oxygens (including phenoxy) is 1. The van der Waals surface area contributed by atoms with Crippen molar-refractivity contribution in [2.75, 3.05) is 43.0 Å². The zero-order valence-corrected chi connectivity index (χ0v) is 20.1. The molecule has 2 heterocycles. The monoisotopic (exact) mass is 485 g/mol. The van der Waals surface area contributed by atoms with Crippen LogP contribution < -0.4 is 15.0 Å². The van der Waals surface area contributed by atoms with E-state index in [0.29, 0.717) is 19.1 Å². The highest BCUT2D eigenvalue weighted by molar-refractivity contribution is 6.30. The minimum Gasteiger partial charge on any atom is -0.493 e. The molecule has 0 saturated carbocycles. The number of carbonyl (C=O) groups is 1. The fraction of sp³-hybridized carbons (Fsp3) is 0.435. The number of nitrogens with zero attached hydrogens (tertiary/aromatic N) is 2. The summed E-state index contributed by atoms with van der Waals surface area (Å²) in [6, 6.07) is 14.6. The van der Waals surface area contributed by atoms with Gasteiger partial charge in [0.15, 0.2) is 0 Å². The van der Waals surface area contributed by atoms with Gasteiger partial charge in [0.05, 0.1) is 6.61 Å². The molecule has 1 N–H and O–H groups in total. The summed E-state index contributed by atoms with van der Waals surface area (Å²) in [6.45, 7) is 7.11. The zero-order valence-electron chi connectivity index (χ0n) is 17.7. The van der Waals surface area contributed by atoms with Gasteiger partial charge in [0.1, 0.15) is 5.75 Å². The predicted octanol–water partition coefficient (Wildman–Crippen LogP) is 5.05. The van der Waals surface area contributed by atoms with Crippen molar-refractivity contribution in [3.05, 3.63) is 53.1 Å². The summed E-state index contributed by atoms with van der Waals surface area (Å²) in [5, 5.41) is 3.71. The maximum Gasteiger partial charge on any atom is 0.224 e. The van der Waals surface area contributed by atoms with Crippen molar-refractivity contribution in [2.24, 2.45) is 0 Å². The molecule has 4 rings (SSSR count). The van der Waals surface area contributed by atoms with Crippen molar-refractivity contribution in [2.45, 2.75) is 32.2 Å². The van der Waals surface area contributed by atoms with E-state index in [1.807, 2.05) is 24.3 Å². The number of nitrogens with one attached hydrogen (secondary N) is 1. The first kappa shape index (κ1) is 25.6. The number of carbonyl (C=O) groups excluding carboxylic acids is 1. The molecule has 1 atom stereocenters. The minimum atomic E-state index is 0. The summed E-state index contributed by atoms with van der Waals surface area (Å²) >= 11 is 6.01. The van der Waals surface area contributed by atoms with Crippen molar-refractivity contribution in [3.8, 4) is 5.75 Å². The molecule has 0 aromatic heterocycles. The van der Waals surface area contributed by atoms with Gasteiger partial charge in [0, 0.05) is 61.1 Å². The van der Waals surface area contributed by atoms with Crippen LogP contribution in [0.1, 0.15) is 25.3 Å². The Morgan fingerprint density at radius 2 is 1.87 bits per heavy atom. The number of aryl methyl sites for hydroxylation is 1. The number of amides is 1. The molecule has 0 spiro atoms. The summed E-state index contributed by atoms with van der Waals surface area (Å²) in [6.07, 6.45) is 2.36. The molecule has 0 aliphatic carbocycles. The van der Waals surface area contributed by atoms with Gasteiger partial charge in [-0.2, -0.15) is 0 Å². The maximum absolute atomic E-state index is 11.6. The van der Waals surface area contributed by atoms with Crippen molar-refractivity contribution < 1.29 is 9.53 Å². The molecular weight excluding hydrogens is 457 g/mol. The van der Waals surface area contributed by atoms with E-state index < -0.39 is 0 Å². The van der Waals surface area contributed by atoms with Gasteiger partial charge in [-0.25, -0.2) is 0 Å². The lowest BCUT2D eigenvalue weighted by atomic mass is 10.0. The predicted molar refractivity (Wildman–Crippen MR) is 133 cm³/mol. The SMILES string of the molecule is CC1CN(CCCOc2ccc3c(c2)NC(=O)CC3)CCN1c1ccc(Cl)cc1.Cl.Cl. The van der Waals surface area contributed by atoms with Crippen LogP contribution in [0.3, 0.4) is 0 Å². The van der Waals surface area contributed by atoms with Crippen LogP contribution in [0.5, 0.6) is 5.75 Å². The highest BCUT2D eigenvalue weighted by atomic mass is 35.5. The lowest BCUT2D eigenvalue weighted by Crippen LogP contribution is -2.52. The van der Waals surface area contributed by atoms with Gasteiger partial charge in [0.2, 0.25) is 5.91 Å². The first-order chi connectivity index (χ1) is 14.1. The van der Waals surface area contributed by atoms with E-state index in [1.54, 1.807) is 0 Å². The smallest absolute Gasteiger partial charge is 0.224 e. The van der Waals surface area contributed by atoms with E-state index in [1.165, 1.54) is 11.3 Å². The summed E-state index contributed by atoms with van der Waals surface area (Å²) in [7, 11) is 0. The second-order valence-corrected chi connectivity index (χ2v) is 8.33. The molecule has 2 aromatic rings. The molecule has 2 aliphatic heterocycles. The molecule has 1 unspecified atom stereocenters. The number of benzene rings is 2. The van der Waals surface area contributed by atoms with E-state index in [4.69, 9.17) is 16.3 Å². The average Bonchev–Trinajstić information content (AvgIpc) is 2.72. The quantitative estimate of drug-likeness (QED) is 0.581. The Kier molecular flexibility index (Phi) is 9.76. The van der Waals surface area contributed by atoms with Gasteiger partial charge in [-0.15, -0.1) is 24.8 Å². The third kappa shape index (κ3) is 6.66. The summed E-state index contributed by atoms with van der Waals surface area (Å²) in [5.41, 5.74) is 3.32. The standard InChI is InChI=1S/C23H28ClN3O2.2ClH/c1-17-16-26(12-13-27(17)20-7-5-19(24)6-8-20)11-2-14-29-21-9-3-18-4-10-23(28)25-22(18)15-21;;/h3,5-9,15,17H,2,4,10-14,16H2,1H3,(H,25,28);2*1H. The number of anilines is 2. The number of rotatable bonds is 6. The van der Waals surface area contributed by atoms with E-state index in [9.17, 15) is 4.79 Å². The molecule has 2 aromatic carbocycles. The molecule has 2 aliphatic rings. The largest absolute Gasteiger partial charge is 0.493 e. The van der Waals surface area contributed by atoms with Crippen LogP contribution in [0.2, 0.25) is 5.02 Å². The van der Waals surface area contributed by atoms with Crippen molar-refractivity contribution in [1.82, 2.24) is 4.90 Å². The first-order valence-corrected chi connectivity index (χ1v) is 10.8. The Balaban J connectivity index is 0.00000171. The molecule has 1 fully saturated rings. The topological polar surface area (TPSA) is 44.8 Å². The molecule has 8 heteroatoms. The molecule has 0 bridgehead atoms. The van der Waals surface area contributed by atoms with E-state index in [0.717, 1.165) is 55.5 Å². The van der Waals surface area contributed by atoms with Crippen LogP contribution in [-0.4, -0.2) is 49.6 Å². The fourth-order valence-electron chi connectivity index (χ4n) is 4.17. The molecule has 0 radical (unpaired) electrons. The number of fused-ring (bicyclic) bond motifs is 1. The summed E-state index contributed by atoms with van der Waals surface area (Å²) < 4.78 is 5.93. The molecule has 5 nitrogen and oxygen atoms in total. The van der Waals surface area contributed by atoms with Gasteiger partial charge in [0.25, 0.3) is 0 Å². The first-order valence-electron chi connectivity index (χ1n) is 10.4. The third-order valence-electron chi connectivity index (χ3n) is 5.73. The molecule has 170 valence electrons. The highest BCUT2D eigenvalue weighted by Gasteiger charge is 2.23. The average molecular weight is 487 g/mol. The molecule has 31 heavy (non-hydrogen) atoms. The van der Waals surface area contributed by atoms with Gasteiger partial charge >= 0.3 is 0 Å². The van der Waals surface area contributed by atoms with E-state index in [-0.39, 0.29) is 30.7 Å². The Morgan fingerprint density at radius 1 is 1.10 bits per heavy atom. The van der Waals surface area contributed by atoms with Crippen LogP contribution in [0.15, 0.2) is 42.5 Å². The molecule has 1 saturated heterocycles. The minimum absolute atomic E-state index is 0. The number of hydrogen-bond acceptors (Lipinski definition) is 4. The van der Waals surface area contributed by atoms with E-state index in [2.05, 4.69) is 40.2 Å². The van der Waals surface area contributed by atoms with Crippen molar-refractivity contribution in [3.63, 3.8) is 0 Å².